The average molecular weight is 581 g/mol. The van der Waals surface area contributed by atoms with Crippen LogP contribution < -0.4 is 14.4 Å². The lowest BCUT2D eigenvalue weighted by Crippen LogP contribution is -2.52. The van der Waals surface area contributed by atoms with Gasteiger partial charge in [0, 0.05) is 17.1 Å². The Morgan fingerprint density at radius 2 is 1.81 bits per heavy atom. The Morgan fingerprint density at radius 3 is 2.39 bits per heavy atom. The molecule has 1 atom stereocenters. The summed E-state index contributed by atoms with van der Waals surface area (Å²) < 4.78 is 32.7. The minimum atomic E-state index is -3.78. The van der Waals surface area contributed by atoms with Crippen LogP contribution in [0.5, 0.6) is 5.75 Å². The van der Waals surface area contributed by atoms with Crippen molar-refractivity contribution < 1.29 is 22.7 Å². The number of rotatable bonds is 11. The fourth-order valence-electron chi connectivity index (χ4n) is 4.30. The van der Waals surface area contributed by atoms with E-state index in [1.807, 2.05) is 31.2 Å². The highest BCUT2D eigenvalue weighted by Crippen LogP contribution is 2.23. The van der Waals surface area contributed by atoms with E-state index < -0.39 is 28.5 Å². The van der Waals surface area contributed by atoms with Gasteiger partial charge in [0.05, 0.1) is 18.6 Å². The fraction of sp³-hybridized carbons (Fsp3) is 0.462. The van der Waals surface area contributed by atoms with Crippen molar-refractivity contribution in [3.8, 4) is 5.75 Å². The van der Waals surface area contributed by atoms with Crippen molar-refractivity contribution in [3.05, 3.63) is 58.6 Å². The molecule has 2 amide bonds. The number of ether oxygens (including phenoxy) is 1. The van der Waals surface area contributed by atoms with Crippen LogP contribution >= 0.6 is 15.9 Å². The van der Waals surface area contributed by atoms with Crippen LogP contribution in [0.3, 0.4) is 0 Å². The Bertz CT molecular complexity index is 1150. The molecule has 0 unspecified atom stereocenters. The number of amides is 2. The van der Waals surface area contributed by atoms with Gasteiger partial charge in [0.25, 0.3) is 0 Å². The van der Waals surface area contributed by atoms with Crippen LogP contribution in [0.15, 0.2) is 53.0 Å². The molecule has 0 saturated heterocycles. The number of benzene rings is 2. The maximum Gasteiger partial charge on any atom is 0.244 e. The standard InChI is InChI=1S/C26H34BrN3O5S/c1-4-35-24-14-12-23(13-15-24)30(36(3,33)34)18-25(31)29(17-20-8-7-9-21(27)16-20)19(2)26(32)28-22-10-5-6-11-22/h7-9,12-16,19,22H,4-6,10-11,17-18H2,1-3H3,(H,28,32)/t19-/m1/s1. The van der Waals surface area contributed by atoms with E-state index >= 15 is 0 Å². The predicted molar refractivity (Wildman–Crippen MR) is 144 cm³/mol. The highest BCUT2D eigenvalue weighted by Gasteiger charge is 2.31. The summed E-state index contributed by atoms with van der Waals surface area (Å²) in [4.78, 5) is 28.2. The molecule has 1 N–H and O–H groups in total. The molecule has 8 nitrogen and oxygen atoms in total. The number of nitrogens with one attached hydrogen (secondary N) is 1. The summed E-state index contributed by atoms with van der Waals surface area (Å²) in [6.45, 7) is 3.76. The smallest absolute Gasteiger partial charge is 0.244 e. The zero-order valence-electron chi connectivity index (χ0n) is 20.9. The molecule has 1 saturated carbocycles. The molecule has 0 aliphatic heterocycles. The zero-order chi connectivity index (χ0) is 26.3. The topological polar surface area (TPSA) is 96.0 Å². The van der Waals surface area contributed by atoms with E-state index in [4.69, 9.17) is 4.74 Å². The van der Waals surface area contributed by atoms with Crippen LogP contribution in [0.4, 0.5) is 5.69 Å². The van der Waals surface area contributed by atoms with Crippen LogP contribution in [-0.4, -0.2) is 56.6 Å². The van der Waals surface area contributed by atoms with Gasteiger partial charge in [-0.3, -0.25) is 13.9 Å². The molecule has 0 heterocycles. The van der Waals surface area contributed by atoms with Crippen molar-refractivity contribution in [2.75, 3.05) is 23.7 Å². The van der Waals surface area contributed by atoms with Gasteiger partial charge in [0.15, 0.2) is 0 Å². The Kier molecular flexibility index (Phi) is 9.78. The van der Waals surface area contributed by atoms with Gasteiger partial charge >= 0.3 is 0 Å². The lowest BCUT2D eigenvalue weighted by molar-refractivity contribution is -0.139. The normalized spacial score (nSPS) is 14.8. The first-order valence-electron chi connectivity index (χ1n) is 12.1. The van der Waals surface area contributed by atoms with Crippen molar-refractivity contribution in [2.24, 2.45) is 0 Å². The number of carbonyl (C=O) groups is 2. The lowest BCUT2D eigenvalue weighted by Gasteiger charge is -2.32. The molecule has 0 radical (unpaired) electrons. The van der Waals surface area contributed by atoms with Crippen molar-refractivity contribution in [3.63, 3.8) is 0 Å². The molecule has 0 bridgehead atoms. The molecule has 0 spiro atoms. The third-order valence-electron chi connectivity index (χ3n) is 6.23. The van der Waals surface area contributed by atoms with Crippen LogP contribution in [0.25, 0.3) is 0 Å². The number of anilines is 1. The first-order valence-corrected chi connectivity index (χ1v) is 14.8. The molecule has 2 aromatic rings. The van der Waals surface area contributed by atoms with Crippen molar-refractivity contribution in [2.45, 2.75) is 58.2 Å². The van der Waals surface area contributed by atoms with E-state index in [0.29, 0.717) is 18.0 Å². The predicted octanol–water partition coefficient (Wildman–Crippen LogP) is 4.09. The third kappa shape index (κ3) is 7.70. The SMILES string of the molecule is CCOc1ccc(N(CC(=O)N(Cc2cccc(Br)c2)[C@H](C)C(=O)NC2CCCC2)S(C)(=O)=O)cc1. The average Bonchev–Trinajstić information content (AvgIpc) is 3.33. The molecule has 36 heavy (non-hydrogen) atoms. The van der Waals surface area contributed by atoms with Gasteiger partial charge in [-0.05, 0) is 68.7 Å². The van der Waals surface area contributed by atoms with Crippen molar-refractivity contribution >= 4 is 43.5 Å². The second-order valence-electron chi connectivity index (χ2n) is 9.01. The first-order chi connectivity index (χ1) is 17.1. The molecule has 10 heteroatoms. The van der Waals surface area contributed by atoms with Crippen LogP contribution in [0.1, 0.15) is 45.1 Å². The van der Waals surface area contributed by atoms with Gasteiger partial charge in [-0.2, -0.15) is 0 Å². The highest BCUT2D eigenvalue weighted by atomic mass is 79.9. The Morgan fingerprint density at radius 1 is 1.14 bits per heavy atom. The number of hydrogen-bond donors (Lipinski definition) is 1. The third-order valence-corrected chi connectivity index (χ3v) is 7.86. The number of halogens is 1. The van der Waals surface area contributed by atoms with E-state index in [2.05, 4.69) is 21.2 Å². The van der Waals surface area contributed by atoms with E-state index in [1.165, 1.54) is 4.90 Å². The summed E-state index contributed by atoms with van der Waals surface area (Å²) in [5.74, 6) is -0.102. The van der Waals surface area contributed by atoms with Crippen LogP contribution in [0, 0.1) is 0 Å². The minimum absolute atomic E-state index is 0.110. The molecular formula is C26H34BrN3O5S. The first kappa shape index (κ1) is 28.0. The quantitative estimate of drug-likeness (QED) is 0.432. The van der Waals surface area contributed by atoms with E-state index in [1.54, 1.807) is 31.2 Å². The Labute approximate surface area is 222 Å². The molecule has 0 aromatic heterocycles. The van der Waals surface area contributed by atoms with Crippen molar-refractivity contribution in [1.82, 2.24) is 10.2 Å². The van der Waals surface area contributed by atoms with Gasteiger partial charge in [-0.15, -0.1) is 0 Å². The van der Waals surface area contributed by atoms with Gasteiger partial charge in [-0.1, -0.05) is 40.9 Å². The van der Waals surface area contributed by atoms with Crippen LogP contribution in [0.2, 0.25) is 0 Å². The summed E-state index contributed by atoms with van der Waals surface area (Å²) in [7, 11) is -3.78. The summed E-state index contributed by atoms with van der Waals surface area (Å²) in [6.07, 6.45) is 5.07. The molecule has 3 rings (SSSR count). The van der Waals surface area contributed by atoms with Gasteiger partial charge in [-0.25, -0.2) is 8.42 Å². The largest absolute Gasteiger partial charge is 0.494 e. The molecule has 1 fully saturated rings. The van der Waals surface area contributed by atoms with Gasteiger partial charge < -0.3 is 15.0 Å². The maximum atomic E-state index is 13.6. The number of carbonyl (C=O) groups excluding carboxylic acids is 2. The number of hydrogen-bond acceptors (Lipinski definition) is 5. The fourth-order valence-corrected chi connectivity index (χ4v) is 5.59. The molecule has 1 aliphatic carbocycles. The highest BCUT2D eigenvalue weighted by molar-refractivity contribution is 9.10. The Hall–Kier alpha value is -2.59. The lowest BCUT2D eigenvalue weighted by atomic mass is 10.1. The second kappa shape index (κ2) is 12.6. The Balaban J connectivity index is 1.86. The summed E-state index contributed by atoms with van der Waals surface area (Å²) in [5.41, 5.74) is 1.17. The van der Waals surface area contributed by atoms with E-state index in [-0.39, 0.29) is 18.5 Å². The van der Waals surface area contributed by atoms with Crippen molar-refractivity contribution in [1.29, 1.82) is 0 Å². The maximum absolute atomic E-state index is 13.6. The van der Waals surface area contributed by atoms with Crippen LogP contribution in [-0.2, 0) is 26.2 Å². The minimum Gasteiger partial charge on any atom is -0.494 e. The molecule has 196 valence electrons. The zero-order valence-corrected chi connectivity index (χ0v) is 23.3. The molecule has 1 aliphatic rings. The molecule has 2 aromatic carbocycles. The van der Waals surface area contributed by atoms with Gasteiger partial charge in [0.1, 0.15) is 18.3 Å². The number of nitrogens with zero attached hydrogens (tertiary/aromatic N) is 2. The summed E-state index contributed by atoms with van der Waals surface area (Å²) in [6, 6.07) is 13.4. The van der Waals surface area contributed by atoms with E-state index in [9.17, 15) is 18.0 Å². The van der Waals surface area contributed by atoms with Gasteiger partial charge in [0.2, 0.25) is 21.8 Å². The second-order valence-corrected chi connectivity index (χ2v) is 11.8. The summed E-state index contributed by atoms with van der Waals surface area (Å²) >= 11 is 3.45. The summed E-state index contributed by atoms with van der Waals surface area (Å²) in [5, 5.41) is 3.06. The molecular weight excluding hydrogens is 546 g/mol. The van der Waals surface area contributed by atoms with E-state index in [0.717, 1.165) is 46.3 Å². The number of sulfonamides is 1. The monoisotopic (exact) mass is 579 g/mol.